The molecule has 0 bridgehead atoms. The summed E-state index contributed by atoms with van der Waals surface area (Å²) in [7, 11) is 0. The number of nitrogens with one attached hydrogen (secondary N) is 2. The summed E-state index contributed by atoms with van der Waals surface area (Å²) in [6.45, 7) is 0.861. The first kappa shape index (κ1) is 13.2. The first-order valence-electron chi connectivity index (χ1n) is 5.35. The average Bonchev–Trinajstić information content (AvgIpc) is 2.36. The molecule has 0 fully saturated rings. The van der Waals surface area contributed by atoms with Crippen molar-refractivity contribution in [3.63, 3.8) is 0 Å². The Bertz CT molecular complexity index is 373. The lowest BCUT2D eigenvalue weighted by molar-refractivity contribution is -0.123. The Labute approximate surface area is 100 Å². The third kappa shape index (κ3) is 6.30. The summed E-state index contributed by atoms with van der Waals surface area (Å²) in [5, 5.41) is 10.9. The first-order valence-corrected chi connectivity index (χ1v) is 5.35. The number of hydrogen-bond donors (Lipinski definition) is 2. The maximum Gasteiger partial charge on any atom is 0.236 e. The van der Waals surface area contributed by atoms with Gasteiger partial charge in [0.05, 0.1) is 25.6 Å². The standard InChI is InChI=1S/C12H15N3O2/c13-7-4-8-14-12(16)9-15-17-10-11-5-2-1-3-6-11/h1-3,5-6,15H,4,8-10H2,(H,14,16). The molecule has 0 saturated carbocycles. The SMILES string of the molecule is N#CCCNC(=O)CNOCc1ccccc1. The van der Waals surface area contributed by atoms with E-state index in [2.05, 4.69) is 10.8 Å². The summed E-state index contributed by atoms with van der Waals surface area (Å²) >= 11 is 0. The van der Waals surface area contributed by atoms with Gasteiger partial charge in [-0.3, -0.25) is 9.63 Å². The quantitative estimate of drug-likeness (QED) is 0.538. The van der Waals surface area contributed by atoms with Crippen molar-refractivity contribution in [3.05, 3.63) is 35.9 Å². The van der Waals surface area contributed by atoms with Crippen LogP contribution in [-0.4, -0.2) is 19.0 Å². The number of carbonyl (C=O) groups is 1. The highest BCUT2D eigenvalue weighted by atomic mass is 16.6. The van der Waals surface area contributed by atoms with Crippen molar-refractivity contribution < 1.29 is 9.63 Å². The van der Waals surface area contributed by atoms with Crippen LogP contribution in [0.2, 0.25) is 0 Å². The number of carbonyl (C=O) groups excluding carboxylic acids is 1. The fourth-order valence-corrected chi connectivity index (χ4v) is 1.15. The molecule has 5 nitrogen and oxygen atoms in total. The molecule has 0 heterocycles. The number of nitrogens with zero attached hydrogens (tertiary/aromatic N) is 1. The van der Waals surface area contributed by atoms with Crippen LogP contribution in [0.25, 0.3) is 0 Å². The monoisotopic (exact) mass is 233 g/mol. The van der Waals surface area contributed by atoms with Gasteiger partial charge in [0, 0.05) is 6.54 Å². The molecule has 0 saturated heterocycles. The van der Waals surface area contributed by atoms with Crippen LogP contribution in [0.1, 0.15) is 12.0 Å². The molecule has 1 aromatic rings. The molecule has 0 atom stereocenters. The summed E-state index contributed by atoms with van der Waals surface area (Å²) in [4.78, 5) is 16.3. The highest BCUT2D eigenvalue weighted by Gasteiger charge is 1.99. The summed E-state index contributed by atoms with van der Waals surface area (Å²) in [6.07, 6.45) is 0.316. The first-order chi connectivity index (χ1) is 8.33. The zero-order valence-corrected chi connectivity index (χ0v) is 9.48. The molecule has 1 rings (SSSR count). The molecule has 1 aromatic carbocycles. The van der Waals surface area contributed by atoms with Crippen LogP contribution in [0, 0.1) is 11.3 Å². The summed E-state index contributed by atoms with van der Waals surface area (Å²) in [6, 6.07) is 11.6. The van der Waals surface area contributed by atoms with Gasteiger partial charge in [-0.2, -0.15) is 10.7 Å². The van der Waals surface area contributed by atoms with E-state index in [-0.39, 0.29) is 12.5 Å². The zero-order chi connectivity index (χ0) is 12.3. The molecular weight excluding hydrogens is 218 g/mol. The fraction of sp³-hybridized carbons (Fsp3) is 0.333. The minimum atomic E-state index is -0.187. The van der Waals surface area contributed by atoms with Gasteiger partial charge in [0.2, 0.25) is 5.91 Å². The van der Waals surface area contributed by atoms with Crippen LogP contribution < -0.4 is 10.8 Å². The molecule has 17 heavy (non-hydrogen) atoms. The van der Waals surface area contributed by atoms with Gasteiger partial charge >= 0.3 is 0 Å². The molecule has 0 aliphatic heterocycles. The van der Waals surface area contributed by atoms with Crippen LogP contribution in [0.5, 0.6) is 0 Å². The van der Waals surface area contributed by atoms with Gasteiger partial charge in [-0.05, 0) is 5.56 Å². The van der Waals surface area contributed by atoms with E-state index in [1.54, 1.807) is 0 Å². The van der Waals surface area contributed by atoms with Crippen LogP contribution in [-0.2, 0) is 16.2 Å². The molecular formula is C12H15N3O2. The zero-order valence-electron chi connectivity index (χ0n) is 9.48. The van der Waals surface area contributed by atoms with Gasteiger partial charge in [-0.1, -0.05) is 30.3 Å². The summed E-state index contributed by atoms with van der Waals surface area (Å²) in [5.41, 5.74) is 3.60. The van der Waals surface area contributed by atoms with Crippen LogP contribution in [0.3, 0.4) is 0 Å². The van der Waals surface area contributed by atoms with E-state index in [0.717, 1.165) is 5.56 Å². The summed E-state index contributed by atoms with van der Waals surface area (Å²) < 4.78 is 0. The maximum atomic E-state index is 11.2. The number of rotatable bonds is 7. The van der Waals surface area contributed by atoms with Gasteiger partial charge in [0.25, 0.3) is 0 Å². The van der Waals surface area contributed by atoms with E-state index in [4.69, 9.17) is 10.1 Å². The molecule has 90 valence electrons. The smallest absolute Gasteiger partial charge is 0.236 e. The lowest BCUT2D eigenvalue weighted by Crippen LogP contribution is -2.34. The Balaban J connectivity index is 2.04. The van der Waals surface area contributed by atoms with E-state index >= 15 is 0 Å². The normalized spacial score (nSPS) is 9.59. The Hall–Kier alpha value is -1.90. The van der Waals surface area contributed by atoms with Gasteiger partial charge in [0.1, 0.15) is 0 Å². The average molecular weight is 233 g/mol. The lowest BCUT2D eigenvalue weighted by Gasteiger charge is -2.06. The Morgan fingerprint density at radius 1 is 1.35 bits per heavy atom. The fourth-order valence-electron chi connectivity index (χ4n) is 1.15. The van der Waals surface area contributed by atoms with E-state index in [9.17, 15) is 4.79 Å². The van der Waals surface area contributed by atoms with Crippen molar-refractivity contribution in [3.8, 4) is 6.07 Å². The van der Waals surface area contributed by atoms with E-state index in [0.29, 0.717) is 19.6 Å². The second-order valence-electron chi connectivity index (χ2n) is 3.35. The van der Waals surface area contributed by atoms with E-state index < -0.39 is 0 Å². The van der Waals surface area contributed by atoms with E-state index in [1.807, 2.05) is 36.4 Å². The van der Waals surface area contributed by atoms with Crippen LogP contribution in [0.15, 0.2) is 30.3 Å². The molecule has 0 aliphatic rings. The number of hydroxylamine groups is 1. The van der Waals surface area contributed by atoms with Gasteiger partial charge in [-0.25, -0.2) is 0 Å². The van der Waals surface area contributed by atoms with Gasteiger partial charge < -0.3 is 5.32 Å². The second-order valence-corrected chi connectivity index (χ2v) is 3.35. The third-order valence-electron chi connectivity index (χ3n) is 1.98. The molecule has 0 spiro atoms. The van der Waals surface area contributed by atoms with Gasteiger partial charge in [0.15, 0.2) is 0 Å². The number of benzene rings is 1. The van der Waals surface area contributed by atoms with Crippen LogP contribution >= 0.6 is 0 Å². The summed E-state index contributed by atoms with van der Waals surface area (Å²) in [5.74, 6) is -0.187. The van der Waals surface area contributed by atoms with Crippen LogP contribution in [0.4, 0.5) is 0 Å². The number of nitriles is 1. The third-order valence-corrected chi connectivity index (χ3v) is 1.98. The molecule has 5 heteroatoms. The molecule has 0 unspecified atom stereocenters. The van der Waals surface area contributed by atoms with Crippen molar-refractivity contribution in [1.29, 1.82) is 5.26 Å². The highest BCUT2D eigenvalue weighted by molar-refractivity contribution is 5.77. The van der Waals surface area contributed by atoms with E-state index in [1.165, 1.54) is 0 Å². The Morgan fingerprint density at radius 3 is 2.82 bits per heavy atom. The predicted molar refractivity (Wildman–Crippen MR) is 62.5 cm³/mol. The number of hydrogen-bond acceptors (Lipinski definition) is 4. The minimum absolute atomic E-state index is 0.0816. The maximum absolute atomic E-state index is 11.2. The molecule has 0 radical (unpaired) electrons. The van der Waals surface area contributed by atoms with Crippen molar-refractivity contribution in [2.45, 2.75) is 13.0 Å². The topological polar surface area (TPSA) is 74.2 Å². The Morgan fingerprint density at radius 2 is 2.12 bits per heavy atom. The molecule has 0 aliphatic carbocycles. The Kier molecular flexibility index (Phi) is 6.41. The second kappa shape index (κ2) is 8.28. The van der Waals surface area contributed by atoms with Crippen molar-refractivity contribution in [1.82, 2.24) is 10.8 Å². The predicted octanol–water partition coefficient (Wildman–Crippen LogP) is 0.738. The van der Waals surface area contributed by atoms with Crippen molar-refractivity contribution >= 4 is 5.91 Å². The molecule has 2 N–H and O–H groups in total. The number of amides is 1. The van der Waals surface area contributed by atoms with Crippen molar-refractivity contribution in [2.24, 2.45) is 0 Å². The lowest BCUT2D eigenvalue weighted by atomic mass is 10.2. The largest absolute Gasteiger partial charge is 0.354 e. The molecule has 0 aromatic heterocycles. The highest BCUT2D eigenvalue weighted by Crippen LogP contribution is 1.98. The van der Waals surface area contributed by atoms with Crippen molar-refractivity contribution in [2.75, 3.05) is 13.1 Å². The minimum Gasteiger partial charge on any atom is -0.354 e. The van der Waals surface area contributed by atoms with Gasteiger partial charge in [-0.15, -0.1) is 0 Å². The molecule has 1 amide bonds.